The summed E-state index contributed by atoms with van der Waals surface area (Å²) in [5.74, 6) is 0.706. The van der Waals surface area contributed by atoms with E-state index >= 15 is 0 Å². The molecule has 6 heteroatoms. The lowest BCUT2D eigenvalue weighted by molar-refractivity contribution is 0.0587. The van der Waals surface area contributed by atoms with E-state index in [0.717, 1.165) is 25.9 Å². The highest BCUT2D eigenvalue weighted by atomic mass is 32.1. The van der Waals surface area contributed by atoms with Crippen molar-refractivity contribution in [1.82, 2.24) is 5.32 Å². The van der Waals surface area contributed by atoms with Crippen LogP contribution in [0, 0.1) is 17.2 Å². The van der Waals surface area contributed by atoms with Crippen LogP contribution in [-0.2, 0) is 4.74 Å². The number of rotatable bonds is 12. The van der Waals surface area contributed by atoms with Gasteiger partial charge in [0.1, 0.15) is 0 Å². The Kier molecular flexibility index (Phi) is 14.5. The van der Waals surface area contributed by atoms with Gasteiger partial charge in [-0.2, -0.15) is 0 Å². The molecule has 3 rings (SSSR count). The van der Waals surface area contributed by atoms with Gasteiger partial charge in [0.05, 0.1) is 19.3 Å². The van der Waals surface area contributed by atoms with Crippen molar-refractivity contribution in [3.8, 4) is 5.75 Å². The summed E-state index contributed by atoms with van der Waals surface area (Å²) in [4.78, 5) is 1.22. The van der Waals surface area contributed by atoms with Crippen molar-refractivity contribution in [2.45, 2.75) is 65.8 Å². The van der Waals surface area contributed by atoms with Gasteiger partial charge < -0.3 is 19.9 Å². The Morgan fingerprint density at radius 2 is 1.97 bits per heavy atom. The topological polar surface area (TPSA) is 50.7 Å². The van der Waals surface area contributed by atoms with Crippen molar-refractivity contribution in [3.05, 3.63) is 52.0 Å². The molecular formula is C27H46FNO3S. The Balaban J connectivity index is 0.000000672. The van der Waals surface area contributed by atoms with Gasteiger partial charge in [-0.15, -0.1) is 11.3 Å². The van der Waals surface area contributed by atoms with Crippen LogP contribution in [0.3, 0.4) is 0 Å². The van der Waals surface area contributed by atoms with E-state index in [-0.39, 0.29) is 13.3 Å². The summed E-state index contributed by atoms with van der Waals surface area (Å²) in [5.41, 5.74) is 1.40. The van der Waals surface area contributed by atoms with Gasteiger partial charge in [-0.05, 0) is 73.2 Å². The van der Waals surface area contributed by atoms with Gasteiger partial charge in [-0.3, -0.25) is 0 Å². The minimum absolute atomic E-state index is 0. The molecule has 0 spiro atoms. The van der Waals surface area contributed by atoms with Crippen LogP contribution in [0.5, 0.6) is 5.75 Å². The Morgan fingerprint density at radius 3 is 2.52 bits per heavy atom. The van der Waals surface area contributed by atoms with Crippen molar-refractivity contribution in [2.24, 2.45) is 11.3 Å². The maximum atomic E-state index is 13.8. The molecule has 4 nitrogen and oxygen atoms in total. The zero-order valence-corrected chi connectivity index (χ0v) is 22.1. The molecule has 1 aromatic carbocycles. The van der Waals surface area contributed by atoms with Crippen LogP contribution in [0.1, 0.15) is 77.7 Å². The number of ether oxygens (including phenoxy) is 2. The summed E-state index contributed by atoms with van der Waals surface area (Å²) in [7, 11) is 2.92. The van der Waals surface area contributed by atoms with Crippen LogP contribution in [-0.4, -0.2) is 39.1 Å². The van der Waals surface area contributed by atoms with Crippen LogP contribution in [0.15, 0.2) is 35.7 Å². The van der Waals surface area contributed by atoms with E-state index in [1.54, 1.807) is 11.3 Å². The summed E-state index contributed by atoms with van der Waals surface area (Å²) < 4.78 is 25.0. The summed E-state index contributed by atoms with van der Waals surface area (Å²) in [6.45, 7) is 11.4. The van der Waals surface area contributed by atoms with E-state index < -0.39 is 0 Å². The van der Waals surface area contributed by atoms with Crippen molar-refractivity contribution in [3.63, 3.8) is 0 Å². The van der Waals surface area contributed by atoms with Gasteiger partial charge in [0.2, 0.25) is 0 Å². The maximum absolute atomic E-state index is 13.8. The lowest BCUT2D eigenvalue weighted by atomic mass is 9.92. The summed E-state index contributed by atoms with van der Waals surface area (Å²) in [5, 5.41) is 12.3. The lowest BCUT2D eigenvalue weighted by Gasteiger charge is -2.21. The molecule has 0 aliphatic heterocycles. The number of aliphatic hydroxyl groups excluding tert-OH is 1. The molecule has 1 aliphatic rings. The smallest absolute Gasteiger partial charge is 0.165 e. The molecule has 1 fully saturated rings. The highest BCUT2D eigenvalue weighted by Gasteiger charge is 2.23. The highest BCUT2D eigenvalue weighted by Crippen LogP contribution is 2.32. The first-order chi connectivity index (χ1) is 15.9. The van der Waals surface area contributed by atoms with E-state index in [1.165, 1.54) is 43.0 Å². The molecule has 2 N–H and O–H groups in total. The molecule has 1 aromatic heterocycles. The van der Waals surface area contributed by atoms with Crippen molar-refractivity contribution in [1.29, 1.82) is 0 Å². The summed E-state index contributed by atoms with van der Waals surface area (Å²) >= 11 is 1.69. The minimum Gasteiger partial charge on any atom is -0.490 e. The summed E-state index contributed by atoms with van der Waals surface area (Å²) in [6, 6.07) is 9.32. The van der Waals surface area contributed by atoms with Gasteiger partial charge in [-0.25, -0.2) is 4.39 Å². The van der Waals surface area contributed by atoms with E-state index in [0.29, 0.717) is 23.7 Å². The molecule has 2 aromatic rings. The zero-order chi connectivity index (χ0) is 24.7. The van der Waals surface area contributed by atoms with E-state index in [2.05, 4.69) is 39.1 Å². The van der Waals surface area contributed by atoms with Crippen LogP contribution in [0.4, 0.5) is 4.39 Å². The summed E-state index contributed by atoms with van der Waals surface area (Å²) in [6.07, 6.45) is 6.02. The number of unbranched alkanes of at least 4 members (excludes halogenated alkanes) is 1. The fraction of sp³-hybridized carbons (Fsp3) is 0.630. The highest BCUT2D eigenvalue weighted by molar-refractivity contribution is 7.10. The molecule has 0 amide bonds. The normalized spacial score (nSPS) is 13.9. The SMILES string of the molecule is CCCCOCC(C)(C)CC.CN[C@@H](c1ccc(F)c(OCC2CC2)c1)c1cccs1.CO.[HH]. The largest absolute Gasteiger partial charge is 0.490 e. The first kappa shape index (κ1) is 29.6. The second-order valence-corrected chi connectivity index (χ2v) is 10.1. The Bertz CT molecular complexity index is 754. The number of thiophene rings is 1. The van der Waals surface area contributed by atoms with Crippen LogP contribution < -0.4 is 10.1 Å². The molecule has 1 aliphatic carbocycles. The number of nitrogens with one attached hydrogen (secondary N) is 1. The zero-order valence-electron chi connectivity index (χ0n) is 21.3. The third-order valence-electron chi connectivity index (χ3n) is 5.67. The first-order valence-electron chi connectivity index (χ1n) is 12.1. The van der Waals surface area contributed by atoms with E-state index in [4.69, 9.17) is 14.6 Å². The van der Waals surface area contributed by atoms with Crippen molar-refractivity contribution >= 4 is 11.3 Å². The predicted molar refractivity (Wildman–Crippen MR) is 140 cm³/mol. The van der Waals surface area contributed by atoms with E-state index in [1.807, 2.05) is 30.6 Å². The molecule has 0 saturated heterocycles. The predicted octanol–water partition coefficient (Wildman–Crippen LogP) is 7.08. The standard InChI is InChI=1S/C16H18FNOS.C10H22O.CH4O.H2/c1-18-16(15-3-2-8-20-15)12-6-7-13(17)14(9-12)19-10-11-4-5-11;1-5-7-8-11-9-10(3,4)6-2;1-2;/h2-3,6-9,11,16,18H,4-5,10H2,1H3;5-9H2,1-4H3;2H,1H3;1H/t16-;;;/m0.../s1. The molecule has 1 heterocycles. The fourth-order valence-corrected chi connectivity index (χ4v) is 3.79. The number of hydrogen-bond donors (Lipinski definition) is 2. The maximum Gasteiger partial charge on any atom is 0.165 e. The third-order valence-corrected chi connectivity index (χ3v) is 6.61. The van der Waals surface area contributed by atoms with Gasteiger partial charge in [-0.1, -0.05) is 46.2 Å². The third kappa shape index (κ3) is 11.5. The van der Waals surface area contributed by atoms with Gasteiger partial charge in [0, 0.05) is 20.0 Å². The molecule has 1 saturated carbocycles. The Morgan fingerprint density at radius 1 is 1.24 bits per heavy atom. The number of benzene rings is 1. The van der Waals surface area contributed by atoms with Crippen LogP contribution in [0.2, 0.25) is 0 Å². The van der Waals surface area contributed by atoms with E-state index in [9.17, 15) is 4.39 Å². The second-order valence-electron chi connectivity index (χ2n) is 9.11. The molecular weight excluding hydrogens is 437 g/mol. The monoisotopic (exact) mass is 483 g/mol. The lowest BCUT2D eigenvalue weighted by Crippen LogP contribution is -2.18. The van der Waals surface area contributed by atoms with Gasteiger partial charge >= 0.3 is 0 Å². The molecule has 1 atom stereocenters. The minimum atomic E-state index is -0.282. The average Bonchev–Trinajstić information content (AvgIpc) is 3.51. The second kappa shape index (κ2) is 16.2. The molecule has 33 heavy (non-hydrogen) atoms. The van der Waals surface area contributed by atoms with Crippen molar-refractivity contribution < 1.29 is 20.4 Å². The average molecular weight is 484 g/mol. The van der Waals surface area contributed by atoms with Gasteiger partial charge in [0.25, 0.3) is 0 Å². The molecule has 0 radical (unpaired) electrons. The van der Waals surface area contributed by atoms with Crippen LogP contribution in [0.25, 0.3) is 0 Å². The number of halogens is 1. The van der Waals surface area contributed by atoms with Gasteiger partial charge in [0.15, 0.2) is 11.6 Å². The molecule has 0 bridgehead atoms. The fourth-order valence-electron chi connectivity index (χ4n) is 2.93. The van der Waals surface area contributed by atoms with Crippen molar-refractivity contribution in [2.75, 3.05) is 34.0 Å². The molecule has 0 unspecified atom stereocenters. The first-order valence-corrected chi connectivity index (χ1v) is 12.9. The quantitative estimate of drug-likeness (QED) is 0.317. The number of hydrogen-bond acceptors (Lipinski definition) is 5. The Labute approximate surface area is 206 Å². The van der Waals surface area contributed by atoms with Crippen LogP contribution >= 0.6 is 11.3 Å². The Hall–Kier alpha value is -1.47. The number of aliphatic hydroxyl groups is 1. The molecule has 190 valence electrons.